The summed E-state index contributed by atoms with van der Waals surface area (Å²) in [5.74, 6) is 0.382. The van der Waals surface area contributed by atoms with E-state index in [1.54, 1.807) is 0 Å². The van der Waals surface area contributed by atoms with Gasteiger partial charge < -0.3 is 10.1 Å². The van der Waals surface area contributed by atoms with Crippen molar-refractivity contribution >= 4 is 0 Å². The molecular weight excluding hydrogens is 241 g/mol. The maximum absolute atomic E-state index is 12.9. The number of nitrogens with one attached hydrogen (secondary N) is 1. The zero-order valence-electron chi connectivity index (χ0n) is 12.0. The molecule has 1 fully saturated rings. The van der Waals surface area contributed by atoms with E-state index in [-0.39, 0.29) is 11.9 Å². The lowest BCUT2D eigenvalue weighted by atomic mass is 9.94. The average molecular weight is 265 g/mol. The molecule has 3 atom stereocenters. The topological polar surface area (TPSA) is 21.3 Å². The summed E-state index contributed by atoms with van der Waals surface area (Å²) in [4.78, 5) is 0. The smallest absolute Gasteiger partial charge is 0.123 e. The summed E-state index contributed by atoms with van der Waals surface area (Å²) in [6, 6.07) is 7.49. The number of ether oxygens (including phenoxy) is 1. The van der Waals surface area contributed by atoms with Gasteiger partial charge in [-0.05, 0) is 43.4 Å². The van der Waals surface area contributed by atoms with Gasteiger partial charge in [0.15, 0.2) is 0 Å². The fourth-order valence-electron chi connectivity index (χ4n) is 2.65. The minimum Gasteiger partial charge on any atom is -0.378 e. The van der Waals surface area contributed by atoms with Gasteiger partial charge in [0.25, 0.3) is 0 Å². The van der Waals surface area contributed by atoms with E-state index in [9.17, 15) is 4.39 Å². The van der Waals surface area contributed by atoms with Crippen molar-refractivity contribution in [3.05, 3.63) is 35.6 Å². The molecule has 19 heavy (non-hydrogen) atoms. The average Bonchev–Trinajstić information content (AvgIpc) is 2.39. The van der Waals surface area contributed by atoms with Crippen molar-refractivity contribution in [3.63, 3.8) is 0 Å². The monoisotopic (exact) mass is 265 g/mol. The third kappa shape index (κ3) is 4.02. The van der Waals surface area contributed by atoms with Crippen LogP contribution < -0.4 is 5.32 Å². The van der Waals surface area contributed by atoms with Crippen LogP contribution in [0.15, 0.2) is 24.3 Å². The predicted molar refractivity (Wildman–Crippen MR) is 75.6 cm³/mol. The molecular formula is C16H24FNO. The van der Waals surface area contributed by atoms with Crippen LogP contribution in [0.3, 0.4) is 0 Å². The first-order valence-electron chi connectivity index (χ1n) is 7.19. The highest BCUT2D eigenvalue weighted by Gasteiger charge is 2.25. The Kier molecular flexibility index (Phi) is 4.94. The van der Waals surface area contributed by atoms with Gasteiger partial charge in [-0.2, -0.15) is 0 Å². The highest BCUT2D eigenvalue weighted by atomic mass is 19.1. The maximum Gasteiger partial charge on any atom is 0.123 e. The van der Waals surface area contributed by atoms with Gasteiger partial charge in [0.1, 0.15) is 5.82 Å². The number of rotatable bonds is 4. The largest absolute Gasteiger partial charge is 0.378 e. The van der Waals surface area contributed by atoms with E-state index < -0.39 is 0 Å². The molecule has 2 nitrogen and oxygen atoms in total. The molecule has 0 aromatic heterocycles. The molecule has 1 N–H and O–H groups in total. The number of hydrogen-bond acceptors (Lipinski definition) is 2. The predicted octanol–water partition coefficient (Wildman–Crippen LogP) is 3.68. The van der Waals surface area contributed by atoms with Gasteiger partial charge in [0.05, 0.1) is 6.10 Å². The minimum atomic E-state index is -0.179. The summed E-state index contributed by atoms with van der Waals surface area (Å²) in [5.41, 5.74) is 1.13. The molecule has 0 spiro atoms. The molecule has 0 amide bonds. The molecule has 106 valence electrons. The number of hydrogen-bond donors (Lipinski definition) is 1. The SMILES string of the molecule is CC(C)C1CC(N[C@@H](C)c2ccc(F)cc2)CCO1. The molecule has 0 aliphatic carbocycles. The fourth-order valence-corrected chi connectivity index (χ4v) is 2.65. The van der Waals surface area contributed by atoms with E-state index in [0.29, 0.717) is 18.1 Å². The van der Waals surface area contributed by atoms with Crippen molar-refractivity contribution in [2.45, 2.75) is 51.8 Å². The normalized spacial score (nSPS) is 25.5. The second-order valence-electron chi connectivity index (χ2n) is 5.81. The zero-order valence-corrected chi connectivity index (χ0v) is 12.0. The van der Waals surface area contributed by atoms with Gasteiger partial charge >= 0.3 is 0 Å². The first kappa shape index (κ1) is 14.5. The van der Waals surface area contributed by atoms with E-state index in [1.807, 2.05) is 12.1 Å². The molecule has 0 radical (unpaired) electrons. The Morgan fingerprint density at radius 1 is 1.21 bits per heavy atom. The van der Waals surface area contributed by atoms with Crippen molar-refractivity contribution in [2.75, 3.05) is 6.61 Å². The van der Waals surface area contributed by atoms with Gasteiger partial charge in [-0.1, -0.05) is 26.0 Å². The molecule has 1 aromatic rings. The third-order valence-corrected chi connectivity index (χ3v) is 3.91. The lowest BCUT2D eigenvalue weighted by molar-refractivity contribution is -0.0256. The van der Waals surface area contributed by atoms with Gasteiger partial charge in [-0.15, -0.1) is 0 Å². The van der Waals surface area contributed by atoms with E-state index in [1.165, 1.54) is 12.1 Å². The Balaban J connectivity index is 1.91. The van der Waals surface area contributed by atoms with Crippen molar-refractivity contribution in [3.8, 4) is 0 Å². The van der Waals surface area contributed by atoms with Crippen LogP contribution in [0.4, 0.5) is 4.39 Å². The molecule has 2 unspecified atom stereocenters. The van der Waals surface area contributed by atoms with E-state index in [0.717, 1.165) is 25.0 Å². The van der Waals surface area contributed by atoms with Gasteiger partial charge in [-0.3, -0.25) is 0 Å². The van der Waals surface area contributed by atoms with Crippen LogP contribution in [0.25, 0.3) is 0 Å². The van der Waals surface area contributed by atoms with Gasteiger partial charge in [0, 0.05) is 18.7 Å². The minimum absolute atomic E-state index is 0.179. The molecule has 2 rings (SSSR count). The van der Waals surface area contributed by atoms with Crippen LogP contribution >= 0.6 is 0 Å². The summed E-state index contributed by atoms with van der Waals surface area (Å²) >= 11 is 0. The van der Waals surface area contributed by atoms with E-state index in [4.69, 9.17) is 4.74 Å². The van der Waals surface area contributed by atoms with Crippen LogP contribution in [-0.2, 0) is 4.74 Å². The van der Waals surface area contributed by atoms with Crippen LogP contribution in [-0.4, -0.2) is 18.8 Å². The fraction of sp³-hybridized carbons (Fsp3) is 0.625. The van der Waals surface area contributed by atoms with Crippen molar-refractivity contribution < 1.29 is 9.13 Å². The van der Waals surface area contributed by atoms with Crippen LogP contribution in [0, 0.1) is 11.7 Å². The van der Waals surface area contributed by atoms with Gasteiger partial charge in [-0.25, -0.2) is 4.39 Å². The van der Waals surface area contributed by atoms with Crippen LogP contribution in [0.5, 0.6) is 0 Å². The van der Waals surface area contributed by atoms with E-state index >= 15 is 0 Å². The second-order valence-corrected chi connectivity index (χ2v) is 5.81. The standard InChI is InChI=1S/C16H24FNO/c1-11(2)16-10-15(8-9-19-16)18-12(3)13-4-6-14(17)7-5-13/h4-7,11-12,15-16,18H,8-10H2,1-3H3/t12-,15?,16?/m0/s1. The lowest BCUT2D eigenvalue weighted by Crippen LogP contribution is -2.41. The molecule has 1 heterocycles. The van der Waals surface area contributed by atoms with E-state index in [2.05, 4.69) is 26.1 Å². The quantitative estimate of drug-likeness (QED) is 0.896. The Morgan fingerprint density at radius 2 is 1.89 bits per heavy atom. The highest BCUT2D eigenvalue weighted by Crippen LogP contribution is 2.23. The summed E-state index contributed by atoms with van der Waals surface area (Å²) in [6.07, 6.45) is 2.46. The first-order valence-corrected chi connectivity index (χ1v) is 7.19. The first-order chi connectivity index (χ1) is 9.06. The maximum atomic E-state index is 12.9. The number of benzene rings is 1. The van der Waals surface area contributed by atoms with Crippen molar-refractivity contribution in [2.24, 2.45) is 5.92 Å². The summed E-state index contributed by atoms with van der Waals surface area (Å²) in [6.45, 7) is 7.37. The van der Waals surface area contributed by atoms with Crippen LogP contribution in [0.2, 0.25) is 0 Å². The molecule has 1 aliphatic heterocycles. The second kappa shape index (κ2) is 6.49. The van der Waals surface area contributed by atoms with Crippen LogP contribution in [0.1, 0.15) is 45.2 Å². The lowest BCUT2D eigenvalue weighted by Gasteiger charge is -2.34. The molecule has 1 saturated heterocycles. The Hall–Kier alpha value is -0.930. The van der Waals surface area contributed by atoms with Crippen molar-refractivity contribution in [1.82, 2.24) is 5.32 Å². The molecule has 1 aliphatic rings. The van der Waals surface area contributed by atoms with Crippen molar-refractivity contribution in [1.29, 1.82) is 0 Å². The molecule has 3 heteroatoms. The van der Waals surface area contributed by atoms with Gasteiger partial charge in [0.2, 0.25) is 0 Å². The Labute approximate surface area is 115 Å². The number of halogens is 1. The highest BCUT2D eigenvalue weighted by molar-refractivity contribution is 5.19. The summed E-state index contributed by atoms with van der Waals surface area (Å²) < 4.78 is 18.7. The summed E-state index contributed by atoms with van der Waals surface area (Å²) in [5, 5.41) is 3.64. The summed E-state index contributed by atoms with van der Waals surface area (Å²) in [7, 11) is 0. The molecule has 0 saturated carbocycles. The zero-order chi connectivity index (χ0) is 13.8. The Bertz CT molecular complexity index is 390. The molecule has 1 aromatic carbocycles. The Morgan fingerprint density at radius 3 is 2.53 bits per heavy atom. The third-order valence-electron chi connectivity index (χ3n) is 3.91. The molecule has 0 bridgehead atoms.